The molecule has 0 bridgehead atoms. The number of ether oxygens (including phenoxy) is 3. The number of benzene rings is 2. The summed E-state index contributed by atoms with van der Waals surface area (Å²) >= 11 is 0. The van der Waals surface area contributed by atoms with Crippen LogP contribution in [0.4, 0.5) is 13.2 Å². The lowest BCUT2D eigenvalue weighted by molar-refractivity contribution is -0.153. The molecule has 0 radical (unpaired) electrons. The van der Waals surface area contributed by atoms with E-state index in [4.69, 9.17) is 14.2 Å². The summed E-state index contributed by atoms with van der Waals surface area (Å²) < 4.78 is 52.2. The maximum Gasteiger partial charge on any atom is 0.422 e. The summed E-state index contributed by atoms with van der Waals surface area (Å²) in [5.41, 5.74) is 1.85. The third kappa shape index (κ3) is 6.15. The molecule has 2 aromatic carbocycles. The first-order valence-corrected chi connectivity index (χ1v) is 7.98. The van der Waals surface area contributed by atoms with Gasteiger partial charge in [0, 0.05) is 24.7 Å². The van der Waals surface area contributed by atoms with Crippen molar-refractivity contribution in [1.82, 2.24) is 4.90 Å². The van der Waals surface area contributed by atoms with Gasteiger partial charge in [0.15, 0.2) is 6.61 Å². The van der Waals surface area contributed by atoms with E-state index in [9.17, 15) is 13.2 Å². The maximum absolute atomic E-state index is 12.3. The Morgan fingerprint density at radius 1 is 0.923 bits per heavy atom. The molecule has 0 heterocycles. The second-order valence-electron chi connectivity index (χ2n) is 5.90. The summed E-state index contributed by atoms with van der Waals surface area (Å²) in [5.74, 6) is 1.64. The van der Waals surface area contributed by atoms with Crippen molar-refractivity contribution in [3.63, 3.8) is 0 Å². The summed E-state index contributed by atoms with van der Waals surface area (Å²) in [7, 11) is 5.11. The molecule has 2 rings (SSSR count). The molecule has 0 spiro atoms. The topological polar surface area (TPSA) is 30.9 Å². The quantitative estimate of drug-likeness (QED) is 0.695. The average Bonchev–Trinajstić information content (AvgIpc) is 2.60. The third-order valence-electron chi connectivity index (χ3n) is 3.69. The van der Waals surface area contributed by atoms with E-state index in [0.29, 0.717) is 18.8 Å². The summed E-state index contributed by atoms with van der Waals surface area (Å²) in [6.07, 6.45) is -4.35. The van der Waals surface area contributed by atoms with Crippen LogP contribution in [0.1, 0.15) is 11.1 Å². The molecule has 0 amide bonds. The zero-order valence-electron chi connectivity index (χ0n) is 15.0. The highest BCUT2D eigenvalue weighted by atomic mass is 19.4. The lowest BCUT2D eigenvalue weighted by atomic mass is 10.1. The molecule has 0 aliphatic rings. The van der Waals surface area contributed by atoms with Crippen molar-refractivity contribution in [1.29, 1.82) is 0 Å². The second-order valence-corrected chi connectivity index (χ2v) is 5.90. The number of hydrogen-bond acceptors (Lipinski definition) is 4. The van der Waals surface area contributed by atoms with Gasteiger partial charge in [-0.1, -0.05) is 18.2 Å². The van der Waals surface area contributed by atoms with Crippen molar-refractivity contribution in [3.8, 4) is 17.2 Å². The van der Waals surface area contributed by atoms with E-state index in [0.717, 1.165) is 16.9 Å². The minimum atomic E-state index is -4.35. The summed E-state index contributed by atoms with van der Waals surface area (Å²) in [6, 6.07) is 12.3. The van der Waals surface area contributed by atoms with Crippen LogP contribution in [0.3, 0.4) is 0 Å². The number of halogens is 3. The van der Waals surface area contributed by atoms with Gasteiger partial charge in [-0.15, -0.1) is 0 Å². The monoisotopic (exact) mass is 369 g/mol. The average molecular weight is 369 g/mol. The predicted molar refractivity (Wildman–Crippen MR) is 92.7 cm³/mol. The van der Waals surface area contributed by atoms with Crippen LogP contribution in [0.25, 0.3) is 0 Å². The van der Waals surface area contributed by atoms with E-state index in [-0.39, 0.29) is 5.75 Å². The Bertz CT molecular complexity index is 719. The molecule has 0 saturated heterocycles. The van der Waals surface area contributed by atoms with E-state index in [1.54, 1.807) is 26.4 Å². The van der Waals surface area contributed by atoms with Crippen molar-refractivity contribution in [2.24, 2.45) is 0 Å². The van der Waals surface area contributed by atoms with Crippen molar-refractivity contribution in [2.75, 3.05) is 27.9 Å². The zero-order valence-corrected chi connectivity index (χ0v) is 15.0. The van der Waals surface area contributed by atoms with Crippen LogP contribution in [0, 0.1) is 0 Å². The van der Waals surface area contributed by atoms with Gasteiger partial charge in [-0.05, 0) is 30.8 Å². The van der Waals surface area contributed by atoms with E-state index in [1.165, 1.54) is 6.07 Å². The molecule has 0 atom stereocenters. The number of methoxy groups -OCH3 is 2. The molecule has 0 fully saturated rings. The minimum absolute atomic E-state index is 0.204. The van der Waals surface area contributed by atoms with Crippen LogP contribution in [-0.4, -0.2) is 39.0 Å². The summed E-state index contributed by atoms with van der Waals surface area (Å²) in [5, 5.41) is 0. The van der Waals surface area contributed by atoms with E-state index < -0.39 is 12.8 Å². The molecule has 0 N–H and O–H groups in total. The van der Waals surface area contributed by atoms with Crippen LogP contribution >= 0.6 is 0 Å². The predicted octanol–water partition coefficient (Wildman–Crippen LogP) is 4.28. The fourth-order valence-corrected chi connectivity index (χ4v) is 2.54. The van der Waals surface area contributed by atoms with Crippen LogP contribution in [0.5, 0.6) is 17.2 Å². The first-order valence-electron chi connectivity index (χ1n) is 7.98. The molecular formula is C19H22F3NO3. The van der Waals surface area contributed by atoms with Gasteiger partial charge in [0.25, 0.3) is 0 Å². The summed E-state index contributed by atoms with van der Waals surface area (Å²) in [6.45, 7) is -0.130. The molecule has 0 saturated carbocycles. The first kappa shape index (κ1) is 19.9. The number of hydrogen-bond donors (Lipinski definition) is 0. The number of rotatable bonds is 8. The van der Waals surface area contributed by atoms with E-state index in [1.807, 2.05) is 36.2 Å². The van der Waals surface area contributed by atoms with Crippen LogP contribution < -0.4 is 14.2 Å². The molecule has 4 nitrogen and oxygen atoms in total. The van der Waals surface area contributed by atoms with Crippen molar-refractivity contribution in [3.05, 3.63) is 53.6 Å². The zero-order chi connectivity index (χ0) is 19.2. The molecule has 26 heavy (non-hydrogen) atoms. The van der Waals surface area contributed by atoms with Crippen molar-refractivity contribution in [2.45, 2.75) is 19.3 Å². The molecule has 0 aliphatic heterocycles. The lowest BCUT2D eigenvalue weighted by Gasteiger charge is -2.19. The number of alkyl halides is 3. The van der Waals surface area contributed by atoms with Gasteiger partial charge in [0.05, 0.1) is 14.2 Å². The molecule has 0 aromatic heterocycles. The standard InChI is InChI=1S/C19H22F3NO3/c1-23(12-15-7-8-16(24-2)10-18(15)25-3)11-14-5-4-6-17(9-14)26-13-19(20,21)22/h4-10H,11-13H2,1-3H3. The Hall–Kier alpha value is -2.41. The largest absolute Gasteiger partial charge is 0.497 e. The smallest absolute Gasteiger partial charge is 0.422 e. The van der Waals surface area contributed by atoms with Gasteiger partial charge in [-0.25, -0.2) is 0 Å². The fraction of sp³-hybridized carbons (Fsp3) is 0.368. The van der Waals surface area contributed by atoms with E-state index in [2.05, 4.69) is 0 Å². The van der Waals surface area contributed by atoms with E-state index >= 15 is 0 Å². The molecular weight excluding hydrogens is 347 g/mol. The summed E-state index contributed by atoms with van der Waals surface area (Å²) in [4.78, 5) is 2.03. The van der Waals surface area contributed by atoms with Gasteiger partial charge in [-0.2, -0.15) is 13.2 Å². The molecule has 142 valence electrons. The van der Waals surface area contributed by atoms with Gasteiger partial charge >= 0.3 is 6.18 Å². The Morgan fingerprint density at radius 2 is 1.69 bits per heavy atom. The highest BCUT2D eigenvalue weighted by Gasteiger charge is 2.28. The van der Waals surface area contributed by atoms with Crippen molar-refractivity contribution >= 4 is 0 Å². The second kappa shape index (κ2) is 8.80. The highest BCUT2D eigenvalue weighted by Crippen LogP contribution is 2.26. The van der Waals surface area contributed by atoms with Crippen LogP contribution in [-0.2, 0) is 13.1 Å². The molecule has 2 aromatic rings. The maximum atomic E-state index is 12.3. The van der Waals surface area contributed by atoms with Crippen LogP contribution in [0.2, 0.25) is 0 Å². The Morgan fingerprint density at radius 3 is 2.35 bits per heavy atom. The third-order valence-corrected chi connectivity index (χ3v) is 3.69. The fourth-order valence-electron chi connectivity index (χ4n) is 2.54. The molecule has 7 heteroatoms. The first-order chi connectivity index (χ1) is 12.3. The number of nitrogens with zero attached hydrogens (tertiary/aromatic N) is 1. The highest BCUT2D eigenvalue weighted by molar-refractivity contribution is 5.40. The van der Waals surface area contributed by atoms with Crippen molar-refractivity contribution < 1.29 is 27.4 Å². The van der Waals surface area contributed by atoms with Gasteiger partial charge in [0.2, 0.25) is 0 Å². The molecule has 0 unspecified atom stereocenters. The molecule has 0 aliphatic carbocycles. The van der Waals surface area contributed by atoms with Gasteiger partial charge in [-0.3, -0.25) is 4.90 Å². The Labute approximate surface area is 151 Å². The normalized spacial score (nSPS) is 11.5. The Kier molecular flexibility index (Phi) is 6.74. The Balaban J connectivity index is 2.00. The van der Waals surface area contributed by atoms with Gasteiger partial charge in [0.1, 0.15) is 17.2 Å². The SMILES string of the molecule is COc1ccc(CN(C)Cc2cccc(OCC(F)(F)F)c2)c(OC)c1. The minimum Gasteiger partial charge on any atom is -0.497 e. The van der Waals surface area contributed by atoms with Crippen LogP contribution in [0.15, 0.2) is 42.5 Å². The lowest BCUT2D eigenvalue weighted by Crippen LogP contribution is -2.20. The van der Waals surface area contributed by atoms with Gasteiger partial charge < -0.3 is 14.2 Å².